The molecule has 0 bridgehead atoms. The fraction of sp³-hybridized carbons (Fsp3) is 0.304. The summed E-state index contributed by atoms with van der Waals surface area (Å²) < 4.78 is 5.23. The van der Waals surface area contributed by atoms with E-state index in [1.807, 2.05) is 36.5 Å². The number of halogens is 1. The van der Waals surface area contributed by atoms with E-state index in [9.17, 15) is 5.26 Å². The maximum atomic E-state index is 9.51. The van der Waals surface area contributed by atoms with Crippen LogP contribution in [0, 0.1) is 11.3 Å². The lowest BCUT2D eigenvalue weighted by Crippen LogP contribution is -2.05. The van der Waals surface area contributed by atoms with Crippen LogP contribution in [0.25, 0.3) is 10.9 Å². The quantitative estimate of drug-likeness (QED) is 0.575. The van der Waals surface area contributed by atoms with E-state index in [1.54, 1.807) is 7.11 Å². The highest BCUT2D eigenvalue weighted by Gasteiger charge is 2.27. The summed E-state index contributed by atoms with van der Waals surface area (Å²) in [5.41, 5.74) is 6.17. The predicted molar refractivity (Wildman–Crippen MR) is 113 cm³/mol. The molecule has 1 aliphatic carbocycles. The molecule has 0 amide bonds. The number of nitrogens with one attached hydrogen (secondary N) is 1. The number of aromatic nitrogens is 1. The average molecular weight is 392 g/mol. The molecule has 0 aliphatic heterocycles. The molecular formula is C23H22ClN3O. The van der Waals surface area contributed by atoms with Crippen LogP contribution in [0.2, 0.25) is 5.02 Å². The number of rotatable bonds is 6. The van der Waals surface area contributed by atoms with E-state index in [0.29, 0.717) is 28.8 Å². The zero-order valence-corrected chi connectivity index (χ0v) is 16.8. The summed E-state index contributed by atoms with van der Waals surface area (Å²) in [6.07, 6.45) is 5.18. The molecule has 1 fully saturated rings. The number of pyridine rings is 1. The highest BCUT2D eigenvalue weighted by atomic mass is 35.5. The summed E-state index contributed by atoms with van der Waals surface area (Å²) in [5, 5.41) is 14.7. The molecule has 1 aliphatic rings. The van der Waals surface area contributed by atoms with Gasteiger partial charge in [-0.05, 0) is 66.1 Å². The Morgan fingerprint density at radius 2 is 2.11 bits per heavy atom. The van der Waals surface area contributed by atoms with Crippen LogP contribution in [0.1, 0.15) is 47.9 Å². The Kier molecular flexibility index (Phi) is 5.11. The Labute approximate surface area is 170 Å². The third kappa shape index (κ3) is 3.50. The first-order chi connectivity index (χ1) is 13.6. The van der Waals surface area contributed by atoms with Gasteiger partial charge in [0.1, 0.15) is 5.75 Å². The van der Waals surface area contributed by atoms with Crippen molar-refractivity contribution in [2.45, 2.75) is 38.6 Å². The fourth-order valence-electron chi connectivity index (χ4n) is 3.63. The average Bonchev–Trinajstić information content (AvgIpc) is 3.56. The minimum atomic E-state index is 0.532. The van der Waals surface area contributed by atoms with Gasteiger partial charge in [0.2, 0.25) is 0 Å². The van der Waals surface area contributed by atoms with Crippen LogP contribution in [-0.2, 0) is 13.0 Å². The Morgan fingerprint density at radius 1 is 1.29 bits per heavy atom. The van der Waals surface area contributed by atoms with Crippen molar-refractivity contribution < 1.29 is 4.74 Å². The second kappa shape index (κ2) is 7.69. The normalized spacial score (nSPS) is 13.4. The van der Waals surface area contributed by atoms with Gasteiger partial charge in [-0.15, -0.1) is 0 Å². The van der Waals surface area contributed by atoms with Crippen molar-refractivity contribution >= 4 is 28.2 Å². The van der Waals surface area contributed by atoms with Gasteiger partial charge in [-0.2, -0.15) is 5.26 Å². The lowest BCUT2D eigenvalue weighted by molar-refractivity contribution is 0.415. The molecule has 0 saturated heterocycles. The molecule has 28 heavy (non-hydrogen) atoms. The number of aryl methyl sites for hydroxylation is 1. The smallest absolute Gasteiger partial charge is 0.137 e. The van der Waals surface area contributed by atoms with Gasteiger partial charge in [-0.3, -0.25) is 4.98 Å². The first kappa shape index (κ1) is 18.6. The number of methoxy groups -OCH3 is 1. The van der Waals surface area contributed by atoms with Crippen LogP contribution < -0.4 is 10.1 Å². The maximum Gasteiger partial charge on any atom is 0.137 e. The van der Waals surface area contributed by atoms with Crippen molar-refractivity contribution in [1.29, 1.82) is 5.26 Å². The molecule has 5 heteroatoms. The van der Waals surface area contributed by atoms with Gasteiger partial charge < -0.3 is 10.1 Å². The second-order valence-electron chi connectivity index (χ2n) is 7.18. The Morgan fingerprint density at radius 3 is 2.75 bits per heavy atom. The van der Waals surface area contributed by atoms with Crippen LogP contribution >= 0.6 is 11.6 Å². The number of hydrogen-bond donors (Lipinski definition) is 1. The summed E-state index contributed by atoms with van der Waals surface area (Å²) in [7, 11) is 1.61. The number of hydrogen-bond acceptors (Lipinski definition) is 4. The summed E-state index contributed by atoms with van der Waals surface area (Å²) >= 11 is 6.27. The molecule has 1 N–H and O–H groups in total. The van der Waals surface area contributed by atoms with Gasteiger partial charge >= 0.3 is 0 Å². The van der Waals surface area contributed by atoms with Crippen molar-refractivity contribution in [2.24, 2.45) is 0 Å². The van der Waals surface area contributed by atoms with Gasteiger partial charge in [-0.25, -0.2) is 0 Å². The Hall–Kier alpha value is -2.77. The number of nitriles is 1. The van der Waals surface area contributed by atoms with Gasteiger partial charge in [-0.1, -0.05) is 24.6 Å². The predicted octanol–water partition coefficient (Wildman–Crippen LogP) is 5.82. The van der Waals surface area contributed by atoms with Crippen molar-refractivity contribution in [2.75, 3.05) is 12.4 Å². The third-order valence-corrected chi connectivity index (χ3v) is 5.59. The number of nitrogens with zero attached hydrogens (tertiary/aromatic N) is 2. The first-order valence-corrected chi connectivity index (χ1v) is 9.94. The second-order valence-corrected chi connectivity index (χ2v) is 7.59. The molecule has 142 valence electrons. The molecule has 2 aromatic carbocycles. The minimum absolute atomic E-state index is 0.532. The molecule has 3 aromatic rings. The molecule has 1 saturated carbocycles. The van der Waals surface area contributed by atoms with E-state index in [-0.39, 0.29) is 0 Å². The standard InChI is InChI=1S/C23H22ClN3O/c1-3-16-13-27-23-18(17-5-6-17)8-15(11-25)9-19(23)22(16)26-12-14-4-7-21(28-2)20(24)10-14/h4,7-10,13,17H,3,5-6,12H2,1-2H3,(H,26,27). The summed E-state index contributed by atoms with van der Waals surface area (Å²) in [4.78, 5) is 4.75. The van der Waals surface area contributed by atoms with Gasteiger partial charge in [0.15, 0.2) is 0 Å². The van der Waals surface area contributed by atoms with E-state index < -0.39 is 0 Å². The highest BCUT2D eigenvalue weighted by molar-refractivity contribution is 6.32. The fourth-order valence-corrected chi connectivity index (χ4v) is 3.91. The Bertz CT molecular complexity index is 1080. The molecule has 0 atom stereocenters. The molecule has 0 radical (unpaired) electrons. The summed E-state index contributed by atoms with van der Waals surface area (Å²) in [6, 6.07) is 12.1. The van der Waals surface area contributed by atoms with Crippen molar-refractivity contribution in [3.8, 4) is 11.8 Å². The maximum absolute atomic E-state index is 9.51. The van der Waals surface area contributed by atoms with Crippen LogP contribution in [0.3, 0.4) is 0 Å². The number of benzene rings is 2. The van der Waals surface area contributed by atoms with Crippen molar-refractivity contribution in [3.05, 3.63) is 63.8 Å². The van der Waals surface area contributed by atoms with E-state index in [2.05, 4.69) is 18.3 Å². The molecule has 4 rings (SSSR count). The van der Waals surface area contributed by atoms with E-state index in [4.69, 9.17) is 21.3 Å². The molecule has 0 spiro atoms. The number of fused-ring (bicyclic) bond motifs is 1. The van der Waals surface area contributed by atoms with Crippen LogP contribution in [0.15, 0.2) is 36.5 Å². The largest absolute Gasteiger partial charge is 0.495 e. The Balaban J connectivity index is 1.75. The van der Waals surface area contributed by atoms with E-state index >= 15 is 0 Å². The van der Waals surface area contributed by atoms with E-state index in [1.165, 1.54) is 18.4 Å². The lowest BCUT2D eigenvalue weighted by Gasteiger charge is -2.16. The highest BCUT2D eigenvalue weighted by Crippen LogP contribution is 2.44. The van der Waals surface area contributed by atoms with Crippen LogP contribution in [-0.4, -0.2) is 12.1 Å². The minimum Gasteiger partial charge on any atom is -0.495 e. The summed E-state index contributed by atoms with van der Waals surface area (Å²) in [6.45, 7) is 2.75. The van der Waals surface area contributed by atoms with Crippen molar-refractivity contribution in [3.63, 3.8) is 0 Å². The molecule has 4 nitrogen and oxygen atoms in total. The third-order valence-electron chi connectivity index (χ3n) is 5.29. The first-order valence-electron chi connectivity index (χ1n) is 9.56. The van der Waals surface area contributed by atoms with Crippen molar-refractivity contribution in [1.82, 2.24) is 4.98 Å². The molecule has 0 unspecified atom stereocenters. The lowest BCUT2D eigenvalue weighted by atomic mass is 9.98. The SMILES string of the molecule is CCc1cnc2c(C3CC3)cc(C#N)cc2c1NCc1ccc(OC)c(Cl)c1. The number of anilines is 1. The zero-order chi connectivity index (χ0) is 19.7. The van der Waals surface area contributed by atoms with Gasteiger partial charge in [0, 0.05) is 23.8 Å². The van der Waals surface area contributed by atoms with E-state index in [0.717, 1.165) is 34.1 Å². The number of ether oxygens (including phenoxy) is 1. The monoisotopic (exact) mass is 391 g/mol. The van der Waals surface area contributed by atoms with Crippen LogP contribution in [0.5, 0.6) is 5.75 Å². The van der Waals surface area contributed by atoms with Gasteiger partial charge in [0.05, 0.1) is 29.3 Å². The van der Waals surface area contributed by atoms with Gasteiger partial charge in [0.25, 0.3) is 0 Å². The zero-order valence-electron chi connectivity index (χ0n) is 16.1. The molecular weight excluding hydrogens is 370 g/mol. The van der Waals surface area contributed by atoms with Crippen LogP contribution in [0.4, 0.5) is 5.69 Å². The topological polar surface area (TPSA) is 57.9 Å². The molecule has 1 heterocycles. The summed E-state index contributed by atoms with van der Waals surface area (Å²) in [5.74, 6) is 1.20. The molecule has 1 aromatic heterocycles.